The number of ether oxygens (including phenoxy) is 2. The minimum atomic E-state index is -0.105. The third kappa shape index (κ3) is 3.36. The van der Waals surface area contributed by atoms with Gasteiger partial charge in [0.2, 0.25) is 0 Å². The summed E-state index contributed by atoms with van der Waals surface area (Å²) >= 11 is 0. The van der Waals surface area contributed by atoms with Crippen LogP contribution in [0.25, 0.3) is 0 Å². The Bertz CT molecular complexity index is 635. The Labute approximate surface area is 130 Å². The van der Waals surface area contributed by atoms with Crippen molar-refractivity contribution in [2.24, 2.45) is 4.99 Å². The van der Waals surface area contributed by atoms with Gasteiger partial charge in [0.05, 0.1) is 19.7 Å². The minimum absolute atomic E-state index is 0.105. The smallest absolute Gasteiger partial charge is 0.285 e. The quantitative estimate of drug-likeness (QED) is 0.920. The first-order valence-corrected chi connectivity index (χ1v) is 7.34. The molecule has 1 atom stereocenters. The third-order valence-electron chi connectivity index (χ3n) is 3.52. The fraction of sp³-hybridized carbons (Fsp3) is 0.294. The second kappa shape index (κ2) is 6.93. The van der Waals surface area contributed by atoms with Gasteiger partial charge in [0.25, 0.3) is 6.02 Å². The summed E-state index contributed by atoms with van der Waals surface area (Å²) in [5, 5.41) is 3.15. The van der Waals surface area contributed by atoms with Crippen LogP contribution in [-0.4, -0.2) is 31.3 Å². The van der Waals surface area contributed by atoms with Crippen LogP contribution in [0.2, 0.25) is 0 Å². The molecular weight excluding hydrogens is 278 g/mol. The number of amidine groups is 1. The largest absolute Gasteiger partial charge is 0.496 e. The number of benzene rings is 1. The molecule has 2 heterocycles. The van der Waals surface area contributed by atoms with Crippen LogP contribution in [0.15, 0.2) is 53.7 Å². The van der Waals surface area contributed by atoms with E-state index in [0.29, 0.717) is 19.0 Å². The van der Waals surface area contributed by atoms with Crippen LogP contribution in [0.1, 0.15) is 17.3 Å². The van der Waals surface area contributed by atoms with Gasteiger partial charge in [-0.25, -0.2) is 4.99 Å². The number of nitrogens with zero attached hydrogens (tertiary/aromatic N) is 2. The summed E-state index contributed by atoms with van der Waals surface area (Å²) in [5.74, 6) is 0.825. The number of hydrogen-bond donors (Lipinski definition) is 1. The van der Waals surface area contributed by atoms with Crippen molar-refractivity contribution < 1.29 is 9.47 Å². The number of aliphatic imine (C=N–C) groups is 1. The lowest BCUT2D eigenvalue weighted by Crippen LogP contribution is -2.18. The van der Waals surface area contributed by atoms with Crippen molar-refractivity contribution >= 4 is 6.02 Å². The van der Waals surface area contributed by atoms with Crippen LogP contribution < -0.4 is 10.1 Å². The number of methoxy groups -OCH3 is 1. The molecule has 1 aromatic heterocycles. The van der Waals surface area contributed by atoms with E-state index in [1.54, 1.807) is 13.3 Å². The van der Waals surface area contributed by atoms with E-state index in [9.17, 15) is 0 Å². The second-order valence-electron chi connectivity index (χ2n) is 4.99. The first-order valence-electron chi connectivity index (χ1n) is 7.34. The number of aromatic nitrogens is 1. The Hall–Kier alpha value is -2.56. The lowest BCUT2D eigenvalue weighted by molar-refractivity contribution is 0.348. The lowest BCUT2D eigenvalue weighted by Gasteiger charge is -2.16. The third-order valence-corrected chi connectivity index (χ3v) is 3.52. The fourth-order valence-corrected chi connectivity index (χ4v) is 2.46. The van der Waals surface area contributed by atoms with Crippen LogP contribution in [-0.2, 0) is 11.2 Å². The fourth-order valence-electron chi connectivity index (χ4n) is 2.46. The number of nitrogens with one attached hydrogen (secondary N) is 1. The highest BCUT2D eigenvalue weighted by molar-refractivity contribution is 5.75. The van der Waals surface area contributed by atoms with Crippen LogP contribution >= 0.6 is 0 Å². The molecule has 1 unspecified atom stereocenters. The average molecular weight is 297 g/mol. The summed E-state index contributed by atoms with van der Waals surface area (Å²) in [6.45, 7) is 1.45. The number of para-hydroxylation sites is 1. The summed E-state index contributed by atoms with van der Waals surface area (Å²) in [6, 6.07) is 14.3. The maximum Gasteiger partial charge on any atom is 0.285 e. The van der Waals surface area contributed by atoms with E-state index in [1.807, 2.05) is 42.5 Å². The first-order chi connectivity index (χ1) is 10.9. The molecule has 2 aromatic rings. The van der Waals surface area contributed by atoms with E-state index in [-0.39, 0.29) is 6.04 Å². The summed E-state index contributed by atoms with van der Waals surface area (Å²) in [6.07, 6.45) is 2.49. The highest BCUT2D eigenvalue weighted by Gasteiger charge is 2.19. The number of hydrogen-bond acceptors (Lipinski definition) is 4. The van der Waals surface area contributed by atoms with Crippen LogP contribution in [0, 0.1) is 0 Å². The monoisotopic (exact) mass is 297 g/mol. The molecule has 0 spiro atoms. The Morgan fingerprint density at radius 3 is 2.86 bits per heavy atom. The van der Waals surface area contributed by atoms with Gasteiger partial charge in [-0.1, -0.05) is 24.3 Å². The molecule has 1 N–H and O–H groups in total. The molecule has 0 bridgehead atoms. The zero-order valence-electron chi connectivity index (χ0n) is 12.5. The van der Waals surface area contributed by atoms with Crippen molar-refractivity contribution in [1.29, 1.82) is 0 Å². The van der Waals surface area contributed by atoms with E-state index in [4.69, 9.17) is 14.5 Å². The van der Waals surface area contributed by atoms with Crippen LogP contribution in [0.4, 0.5) is 0 Å². The normalized spacial score (nSPS) is 16.9. The van der Waals surface area contributed by atoms with Gasteiger partial charge >= 0.3 is 0 Å². The lowest BCUT2D eigenvalue weighted by atomic mass is 10.0. The van der Waals surface area contributed by atoms with E-state index < -0.39 is 0 Å². The molecule has 1 fully saturated rings. The van der Waals surface area contributed by atoms with E-state index in [1.165, 1.54) is 0 Å². The molecule has 5 heteroatoms. The molecule has 1 aliphatic rings. The molecule has 3 rings (SSSR count). The van der Waals surface area contributed by atoms with E-state index in [2.05, 4.69) is 10.3 Å². The van der Waals surface area contributed by atoms with Crippen molar-refractivity contribution in [3.63, 3.8) is 0 Å². The van der Waals surface area contributed by atoms with Crippen molar-refractivity contribution in [1.82, 2.24) is 10.3 Å². The first kappa shape index (κ1) is 14.4. The van der Waals surface area contributed by atoms with Gasteiger partial charge in [0.15, 0.2) is 0 Å². The molecular formula is C17H19N3O2. The predicted octanol–water partition coefficient (Wildman–Crippen LogP) is 2.35. The summed E-state index contributed by atoms with van der Waals surface area (Å²) < 4.78 is 11.0. The van der Waals surface area contributed by atoms with Gasteiger partial charge in [0, 0.05) is 23.9 Å². The molecule has 114 valence electrons. The molecule has 0 radical (unpaired) electrons. The van der Waals surface area contributed by atoms with E-state index >= 15 is 0 Å². The topological polar surface area (TPSA) is 55.7 Å². The average Bonchev–Trinajstić information content (AvgIpc) is 3.08. The molecule has 1 saturated heterocycles. The Morgan fingerprint density at radius 1 is 1.27 bits per heavy atom. The van der Waals surface area contributed by atoms with Gasteiger partial charge in [-0.2, -0.15) is 0 Å². The maximum absolute atomic E-state index is 5.49. The zero-order chi connectivity index (χ0) is 15.2. The second-order valence-corrected chi connectivity index (χ2v) is 4.99. The Morgan fingerprint density at radius 2 is 2.14 bits per heavy atom. The van der Waals surface area contributed by atoms with E-state index in [0.717, 1.165) is 23.6 Å². The van der Waals surface area contributed by atoms with Crippen molar-refractivity contribution in [2.75, 3.05) is 20.3 Å². The van der Waals surface area contributed by atoms with Crippen LogP contribution in [0.3, 0.4) is 0 Å². The number of rotatable bonds is 5. The van der Waals surface area contributed by atoms with Gasteiger partial charge in [0.1, 0.15) is 12.4 Å². The molecule has 0 amide bonds. The molecule has 0 saturated carbocycles. The van der Waals surface area contributed by atoms with Gasteiger partial charge in [-0.05, 0) is 18.2 Å². The molecule has 22 heavy (non-hydrogen) atoms. The van der Waals surface area contributed by atoms with Crippen molar-refractivity contribution in [3.05, 3.63) is 59.9 Å². The van der Waals surface area contributed by atoms with Crippen molar-refractivity contribution in [2.45, 2.75) is 12.5 Å². The summed E-state index contributed by atoms with van der Waals surface area (Å²) in [7, 11) is 1.67. The maximum atomic E-state index is 5.49. The Kier molecular flexibility index (Phi) is 4.53. The van der Waals surface area contributed by atoms with Crippen molar-refractivity contribution in [3.8, 4) is 5.75 Å². The molecule has 5 nitrogen and oxygen atoms in total. The SMILES string of the molecule is COc1ccccc1C(Cc1ccccn1)/N=C1/NCCO1. The Balaban J connectivity index is 1.93. The van der Waals surface area contributed by atoms with Gasteiger partial charge < -0.3 is 14.8 Å². The van der Waals surface area contributed by atoms with Crippen LogP contribution in [0.5, 0.6) is 5.75 Å². The predicted molar refractivity (Wildman–Crippen MR) is 85.1 cm³/mol. The standard InChI is InChI=1S/C17H19N3O2/c1-21-16-8-3-2-7-14(16)15(20-17-19-10-11-22-17)12-13-6-4-5-9-18-13/h2-9,15H,10-12H2,1H3,(H,19,20). The van der Waals surface area contributed by atoms with Gasteiger partial charge in [-0.3, -0.25) is 4.98 Å². The zero-order valence-corrected chi connectivity index (χ0v) is 12.5. The summed E-state index contributed by atoms with van der Waals surface area (Å²) in [5.41, 5.74) is 2.02. The summed E-state index contributed by atoms with van der Waals surface area (Å²) in [4.78, 5) is 9.12. The molecule has 1 aromatic carbocycles. The van der Waals surface area contributed by atoms with Gasteiger partial charge in [-0.15, -0.1) is 0 Å². The molecule has 1 aliphatic heterocycles. The number of pyridine rings is 1. The molecule has 0 aliphatic carbocycles. The highest BCUT2D eigenvalue weighted by Crippen LogP contribution is 2.30. The minimum Gasteiger partial charge on any atom is -0.496 e. The highest BCUT2D eigenvalue weighted by atomic mass is 16.5.